The minimum Gasteiger partial charge on any atom is -0.436 e. The van der Waals surface area contributed by atoms with Crippen LogP contribution in [0.3, 0.4) is 0 Å². The molecule has 0 aliphatic carbocycles. The zero-order valence-corrected chi connectivity index (χ0v) is 16.6. The van der Waals surface area contributed by atoms with E-state index in [9.17, 15) is 0 Å². The molecule has 28 heavy (non-hydrogen) atoms. The van der Waals surface area contributed by atoms with Crippen LogP contribution in [0.1, 0.15) is 27.7 Å². The van der Waals surface area contributed by atoms with Gasteiger partial charge in [0.1, 0.15) is 11.0 Å². The number of benzene rings is 3. The van der Waals surface area contributed by atoms with Gasteiger partial charge in [-0.1, -0.05) is 52.0 Å². The van der Waals surface area contributed by atoms with E-state index in [0.29, 0.717) is 11.8 Å². The van der Waals surface area contributed by atoms with Crippen molar-refractivity contribution in [2.24, 2.45) is 0 Å². The largest absolute Gasteiger partial charge is 0.436 e. The molecule has 0 saturated heterocycles. The van der Waals surface area contributed by atoms with E-state index < -0.39 is 0 Å². The third-order valence-corrected chi connectivity index (χ3v) is 3.97. The molecule has 0 amide bonds. The molecule has 4 nitrogen and oxygen atoms in total. The number of oxazole rings is 2. The Labute approximate surface area is 164 Å². The average Bonchev–Trinajstić information content (AvgIpc) is 3.41. The molecule has 0 spiro atoms. The number of hydrogen-bond acceptors (Lipinski definition) is 4. The van der Waals surface area contributed by atoms with Gasteiger partial charge in [0, 0.05) is 11.1 Å². The van der Waals surface area contributed by atoms with Gasteiger partial charge >= 0.3 is 0 Å². The number of fused-ring (bicyclic) bond motifs is 2. The van der Waals surface area contributed by atoms with Crippen LogP contribution in [0.2, 0.25) is 0 Å². The molecule has 0 aliphatic heterocycles. The molecule has 0 unspecified atom stereocenters. The summed E-state index contributed by atoms with van der Waals surface area (Å²) in [7, 11) is 0. The lowest BCUT2D eigenvalue weighted by atomic mass is 10.1. The summed E-state index contributed by atoms with van der Waals surface area (Å²) in [5.74, 6) is 1.22. The zero-order valence-electron chi connectivity index (χ0n) is 16.6. The molecule has 142 valence electrons. The van der Waals surface area contributed by atoms with Crippen molar-refractivity contribution in [2.45, 2.75) is 27.7 Å². The summed E-state index contributed by atoms with van der Waals surface area (Å²) in [6.07, 6.45) is 0. The standard InChI is InChI=1S/C20H12N2O2.2C2H6/c1-3-7-17-15(5-1)21-19(23-17)13-9-11-14(12-10-13)20-22-16-6-2-4-8-18(16)24-20;2*1-2/h1-12H;2*1-2H3. The Hall–Kier alpha value is -3.40. The first-order valence-electron chi connectivity index (χ1n) is 9.69. The van der Waals surface area contributed by atoms with Crippen LogP contribution in [-0.4, -0.2) is 9.97 Å². The number of nitrogens with zero attached hydrogens (tertiary/aromatic N) is 2. The lowest BCUT2D eigenvalue weighted by Gasteiger charge is -1.97. The summed E-state index contributed by atoms with van der Waals surface area (Å²) in [5, 5.41) is 0. The molecule has 0 radical (unpaired) electrons. The maximum absolute atomic E-state index is 5.80. The van der Waals surface area contributed by atoms with E-state index >= 15 is 0 Å². The fraction of sp³-hybridized carbons (Fsp3) is 0.167. The van der Waals surface area contributed by atoms with Gasteiger partial charge in [0.05, 0.1) is 0 Å². The fourth-order valence-corrected chi connectivity index (χ4v) is 2.75. The van der Waals surface area contributed by atoms with Gasteiger partial charge in [-0.2, -0.15) is 0 Å². The molecule has 5 rings (SSSR count). The van der Waals surface area contributed by atoms with E-state index in [2.05, 4.69) is 9.97 Å². The van der Waals surface area contributed by atoms with Gasteiger partial charge in [0.25, 0.3) is 0 Å². The average molecular weight is 372 g/mol. The lowest BCUT2D eigenvalue weighted by molar-refractivity contribution is 0.617. The van der Waals surface area contributed by atoms with Crippen LogP contribution >= 0.6 is 0 Å². The van der Waals surface area contributed by atoms with Crippen LogP contribution in [0.5, 0.6) is 0 Å². The Morgan fingerprint density at radius 3 is 1.21 bits per heavy atom. The summed E-state index contributed by atoms with van der Waals surface area (Å²) < 4.78 is 11.6. The summed E-state index contributed by atoms with van der Waals surface area (Å²) in [4.78, 5) is 9.03. The van der Waals surface area contributed by atoms with E-state index in [1.165, 1.54) is 0 Å². The first-order chi connectivity index (χ1) is 13.9. The van der Waals surface area contributed by atoms with Gasteiger partial charge in [-0.15, -0.1) is 0 Å². The van der Waals surface area contributed by atoms with Crippen LogP contribution in [0.4, 0.5) is 0 Å². The Morgan fingerprint density at radius 1 is 0.500 bits per heavy atom. The minimum atomic E-state index is 0.611. The van der Waals surface area contributed by atoms with Crippen molar-refractivity contribution < 1.29 is 8.83 Å². The maximum Gasteiger partial charge on any atom is 0.227 e. The second kappa shape index (κ2) is 9.00. The van der Waals surface area contributed by atoms with E-state index in [0.717, 1.165) is 33.3 Å². The number of hydrogen-bond donors (Lipinski definition) is 0. The second-order valence-corrected chi connectivity index (χ2v) is 5.55. The highest BCUT2D eigenvalue weighted by Crippen LogP contribution is 2.28. The molecule has 4 heteroatoms. The van der Waals surface area contributed by atoms with Crippen molar-refractivity contribution in [1.29, 1.82) is 0 Å². The highest BCUT2D eigenvalue weighted by molar-refractivity contribution is 5.78. The molecule has 0 atom stereocenters. The first kappa shape index (κ1) is 19.4. The van der Waals surface area contributed by atoms with Crippen molar-refractivity contribution >= 4 is 22.2 Å². The lowest BCUT2D eigenvalue weighted by Crippen LogP contribution is -1.80. The summed E-state index contributed by atoms with van der Waals surface area (Å²) in [6.45, 7) is 8.00. The van der Waals surface area contributed by atoms with Gasteiger partial charge in [-0.25, -0.2) is 9.97 Å². The number of rotatable bonds is 2. The van der Waals surface area contributed by atoms with Gasteiger partial charge < -0.3 is 8.83 Å². The number of para-hydroxylation sites is 4. The predicted octanol–water partition coefficient (Wildman–Crippen LogP) is 7.36. The third kappa shape index (κ3) is 3.81. The first-order valence-corrected chi connectivity index (χ1v) is 9.69. The second-order valence-electron chi connectivity index (χ2n) is 5.55. The molecule has 0 saturated carbocycles. The Kier molecular flexibility index (Phi) is 6.22. The molecule has 2 heterocycles. The molecule has 0 fully saturated rings. The van der Waals surface area contributed by atoms with Crippen molar-refractivity contribution in [1.82, 2.24) is 9.97 Å². The molecule has 0 aliphatic rings. The summed E-state index contributed by atoms with van der Waals surface area (Å²) >= 11 is 0. The van der Waals surface area contributed by atoms with Gasteiger partial charge in [-0.05, 0) is 48.5 Å². The van der Waals surface area contributed by atoms with E-state index in [-0.39, 0.29) is 0 Å². The van der Waals surface area contributed by atoms with Crippen LogP contribution in [0.25, 0.3) is 45.1 Å². The molecule has 3 aromatic carbocycles. The van der Waals surface area contributed by atoms with Crippen molar-refractivity contribution in [3.63, 3.8) is 0 Å². The topological polar surface area (TPSA) is 52.1 Å². The monoisotopic (exact) mass is 372 g/mol. The molecule has 0 bridgehead atoms. The van der Waals surface area contributed by atoms with E-state index in [1.54, 1.807) is 0 Å². The molecule has 0 N–H and O–H groups in total. The van der Waals surface area contributed by atoms with Crippen molar-refractivity contribution in [3.8, 4) is 22.9 Å². The minimum absolute atomic E-state index is 0.611. The van der Waals surface area contributed by atoms with Gasteiger partial charge in [0.15, 0.2) is 11.2 Å². The highest BCUT2D eigenvalue weighted by atomic mass is 16.4. The van der Waals surface area contributed by atoms with Crippen LogP contribution < -0.4 is 0 Å². The molecule has 2 aromatic heterocycles. The van der Waals surface area contributed by atoms with Crippen molar-refractivity contribution in [2.75, 3.05) is 0 Å². The van der Waals surface area contributed by atoms with Gasteiger partial charge in [-0.3, -0.25) is 0 Å². The molecule has 5 aromatic rings. The summed E-state index contributed by atoms with van der Waals surface area (Å²) in [6, 6.07) is 23.4. The van der Waals surface area contributed by atoms with Crippen LogP contribution in [-0.2, 0) is 0 Å². The smallest absolute Gasteiger partial charge is 0.227 e. The van der Waals surface area contributed by atoms with Crippen LogP contribution in [0, 0.1) is 0 Å². The van der Waals surface area contributed by atoms with Crippen molar-refractivity contribution in [3.05, 3.63) is 72.8 Å². The number of aromatic nitrogens is 2. The Bertz CT molecular complexity index is 995. The fourth-order valence-electron chi connectivity index (χ4n) is 2.75. The highest BCUT2D eigenvalue weighted by Gasteiger charge is 2.10. The quantitative estimate of drug-likeness (QED) is 0.325. The Morgan fingerprint density at radius 2 is 0.857 bits per heavy atom. The molecular formula is C24H24N2O2. The maximum atomic E-state index is 5.80. The van der Waals surface area contributed by atoms with Crippen LogP contribution in [0.15, 0.2) is 81.6 Å². The third-order valence-electron chi connectivity index (χ3n) is 3.97. The van der Waals surface area contributed by atoms with E-state index in [1.807, 2.05) is 100 Å². The zero-order chi connectivity index (χ0) is 19.9. The SMILES string of the molecule is CC.CC.c1ccc2oc(-c3ccc(-c4nc5ccccc5o4)cc3)nc2c1. The van der Waals surface area contributed by atoms with E-state index in [4.69, 9.17) is 8.83 Å². The predicted molar refractivity (Wildman–Crippen MR) is 115 cm³/mol. The van der Waals surface area contributed by atoms with Gasteiger partial charge in [0.2, 0.25) is 11.8 Å². The summed E-state index contributed by atoms with van der Waals surface area (Å²) in [5.41, 5.74) is 5.13. The molecular weight excluding hydrogens is 348 g/mol. The normalized spacial score (nSPS) is 10.1. The Balaban J connectivity index is 0.000000531.